The van der Waals surface area contributed by atoms with Gasteiger partial charge in [0.15, 0.2) is 5.96 Å². The normalized spacial score (nSPS) is 11.9. The van der Waals surface area contributed by atoms with Crippen molar-refractivity contribution < 1.29 is 14.3 Å². The summed E-state index contributed by atoms with van der Waals surface area (Å²) in [4.78, 5) is 16.3. The minimum absolute atomic E-state index is 0. The number of carbonyl (C=O) groups is 1. The van der Waals surface area contributed by atoms with Gasteiger partial charge in [-0.05, 0) is 65.0 Å². The molecule has 0 bridgehead atoms. The van der Waals surface area contributed by atoms with Crippen LogP contribution >= 0.6 is 24.0 Å². The van der Waals surface area contributed by atoms with Crippen molar-refractivity contribution in [2.24, 2.45) is 4.99 Å². The van der Waals surface area contributed by atoms with E-state index in [-0.39, 0.29) is 24.0 Å². The van der Waals surface area contributed by atoms with Crippen LogP contribution in [0.1, 0.15) is 40.3 Å². The second-order valence-electron chi connectivity index (χ2n) is 8.74. The molecule has 0 aliphatic rings. The molecule has 10 heteroatoms. The van der Waals surface area contributed by atoms with E-state index in [0.717, 1.165) is 17.1 Å². The van der Waals surface area contributed by atoms with Crippen LogP contribution in [0.15, 0.2) is 41.5 Å². The number of benzene rings is 1. The van der Waals surface area contributed by atoms with Crippen molar-refractivity contribution in [2.75, 3.05) is 20.7 Å². The first kappa shape index (κ1) is 27.5. The van der Waals surface area contributed by atoms with E-state index >= 15 is 0 Å². The zero-order valence-corrected chi connectivity index (χ0v) is 22.2. The van der Waals surface area contributed by atoms with E-state index in [2.05, 4.69) is 26.0 Å². The summed E-state index contributed by atoms with van der Waals surface area (Å²) in [5.41, 5.74) is 0.741. The summed E-state index contributed by atoms with van der Waals surface area (Å²) < 4.78 is 12.3. The lowest BCUT2D eigenvalue weighted by Crippen LogP contribution is -2.54. The molecular formula is C22H35IN6O3. The maximum absolute atomic E-state index is 12.0. The van der Waals surface area contributed by atoms with Gasteiger partial charge in [0, 0.05) is 19.8 Å². The fourth-order valence-electron chi connectivity index (χ4n) is 2.66. The number of guanidine groups is 1. The third-order valence-corrected chi connectivity index (χ3v) is 4.18. The van der Waals surface area contributed by atoms with Gasteiger partial charge in [-0.25, -0.2) is 9.48 Å². The quantitative estimate of drug-likeness (QED) is 0.274. The van der Waals surface area contributed by atoms with Gasteiger partial charge in [-0.15, -0.1) is 24.0 Å². The molecule has 1 amide bonds. The molecule has 0 fully saturated rings. The van der Waals surface area contributed by atoms with Gasteiger partial charge in [-0.1, -0.05) is 0 Å². The van der Waals surface area contributed by atoms with Crippen LogP contribution in [-0.2, 0) is 11.3 Å². The van der Waals surface area contributed by atoms with Crippen molar-refractivity contribution in [3.63, 3.8) is 0 Å². The maximum atomic E-state index is 12.0. The van der Waals surface area contributed by atoms with E-state index in [4.69, 9.17) is 9.47 Å². The van der Waals surface area contributed by atoms with Crippen molar-refractivity contribution in [1.29, 1.82) is 0 Å². The van der Waals surface area contributed by atoms with E-state index in [1.807, 2.05) is 71.1 Å². The van der Waals surface area contributed by atoms with Gasteiger partial charge in [0.2, 0.25) is 0 Å². The average Bonchev–Trinajstić information content (AvgIpc) is 3.15. The lowest BCUT2D eigenvalue weighted by Gasteiger charge is -2.29. The summed E-state index contributed by atoms with van der Waals surface area (Å²) in [7, 11) is 3.34. The van der Waals surface area contributed by atoms with Crippen molar-refractivity contribution in [2.45, 2.75) is 52.3 Å². The van der Waals surface area contributed by atoms with Gasteiger partial charge in [-0.2, -0.15) is 5.10 Å². The number of halogens is 1. The SMILES string of the molecule is CN=C(NCc1ccn(-c2ccc(OC)cc2)n1)NCC(C)(C)NC(=O)OC(C)(C)C.I. The van der Waals surface area contributed by atoms with E-state index < -0.39 is 17.2 Å². The first-order valence-electron chi connectivity index (χ1n) is 10.2. The lowest BCUT2D eigenvalue weighted by molar-refractivity contribution is 0.0474. The number of hydrogen-bond acceptors (Lipinski definition) is 5. The fourth-order valence-corrected chi connectivity index (χ4v) is 2.66. The molecular weight excluding hydrogens is 523 g/mol. The molecule has 3 N–H and O–H groups in total. The summed E-state index contributed by atoms with van der Waals surface area (Å²) in [5, 5.41) is 13.9. The highest BCUT2D eigenvalue weighted by Gasteiger charge is 2.24. The van der Waals surface area contributed by atoms with Gasteiger partial charge >= 0.3 is 6.09 Å². The fraction of sp³-hybridized carbons (Fsp3) is 0.500. The second kappa shape index (κ2) is 11.9. The summed E-state index contributed by atoms with van der Waals surface area (Å²) in [6.07, 6.45) is 1.45. The Morgan fingerprint density at radius 1 is 1.09 bits per heavy atom. The Hall–Kier alpha value is -2.50. The Labute approximate surface area is 207 Å². The molecule has 32 heavy (non-hydrogen) atoms. The standard InChI is InChI=1S/C22H34N6O3.HI/c1-21(2,3)31-20(29)26-22(4,5)15-25-19(23-6)24-14-16-12-13-28(27-16)17-8-10-18(30-7)11-9-17;/h8-13H,14-15H2,1-7H3,(H,26,29)(H2,23,24,25);1H. The number of aliphatic imine (C=N–C) groups is 1. The molecule has 2 aromatic rings. The molecule has 0 radical (unpaired) electrons. The topological polar surface area (TPSA) is 102 Å². The largest absolute Gasteiger partial charge is 0.497 e. The van der Waals surface area contributed by atoms with Crippen LogP contribution in [0.2, 0.25) is 0 Å². The number of aromatic nitrogens is 2. The first-order valence-corrected chi connectivity index (χ1v) is 10.2. The summed E-state index contributed by atoms with van der Waals surface area (Å²) in [5.74, 6) is 1.41. The zero-order chi connectivity index (χ0) is 23.1. The molecule has 9 nitrogen and oxygen atoms in total. The summed E-state index contributed by atoms with van der Waals surface area (Å²) in [6, 6.07) is 9.63. The average molecular weight is 558 g/mol. The molecule has 1 aromatic carbocycles. The van der Waals surface area contributed by atoms with Crippen molar-refractivity contribution in [3.8, 4) is 11.4 Å². The number of rotatable bonds is 7. The number of amides is 1. The maximum Gasteiger partial charge on any atom is 0.408 e. The molecule has 0 aliphatic heterocycles. The van der Waals surface area contributed by atoms with Crippen molar-refractivity contribution in [1.82, 2.24) is 25.7 Å². The van der Waals surface area contributed by atoms with Crippen molar-refractivity contribution in [3.05, 3.63) is 42.2 Å². The van der Waals surface area contributed by atoms with Crippen LogP contribution in [0.25, 0.3) is 5.69 Å². The highest BCUT2D eigenvalue weighted by atomic mass is 127. The number of ether oxygens (including phenoxy) is 2. The molecule has 0 atom stereocenters. The highest BCUT2D eigenvalue weighted by Crippen LogP contribution is 2.14. The highest BCUT2D eigenvalue weighted by molar-refractivity contribution is 14.0. The molecule has 0 spiro atoms. The Balaban J connectivity index is 0.00000512. The van der Waals surface area contributed by atoms with Crippen LogP contribution in [0, 0.1) is 0 Å². The van der Waals surface area contributed by atoms with Gasteiger partial charge < -0.3 is 25.4 Å². The number of nitrogens with zero attached hydrogens (tertiary/aromatic N) is 3. The number of nitrogens with one attached hydrogen (secondary N) is 3. The molecule has 0 saturated heterocycles. The molecule has 0 saturated carbocycles. The van der Waals surface area contributed by atoms with Crippen LogP contribution in [0.4, 0.5) is 4.79 Å². The first-order chi connectivity index (χ1) is 14.5. The minimum Gasteiger partial charge on any atom is -0.497 e. The van der Waals surface area contributed by atoms with Crippen LogP contribution < -0.4 is 20.7 Å². The number of hydrogen-bond donors (Lipinski definition) is 3. The molecule has 1 heterocycles. The molecule has 1 aromatic heterocycles. The monoisotopic (exact) mass is 558 g/mol. The smallest absolute Gasteiger partial charge is 0.408 e. The predicted octanol–water partition coefficient (Wildman–Crippen LogP) is 3.47. The van der Waals surface area contributed by atoms with E-state index in [1.54, 1.807) is 18.8 Å². The van der Waals surface area contributed by atoms with Gasteiger partial charge in [0.25, 0.3) is 0 Å². The van der Waals surface area contributed by atoms with E-state index in [1.165, 1.54) is 0 Å². The van der Waals surface area contributed by atoms with Gasteiger partial charge in [-0.3, -0.25) is 4.99 Å². The number of carbonyl (C=O) groups excluding carboxylic acids is 1. The number of methoxy groups -OCH3 is 1. The zero-order valence-electron chi connectivity index (χ0n) is 19.9. The Morgan fingerprint density at radius 2 is 1.75 bits per heavy atom. The van der Waals surface area contributed by atoms with E-state index in [0.29, 0.717) is 19.0 Å². The number of alkyl carbamates (subject to hydrolysis) is 1. The molecule has 2 rings (SSSR count). The minimum atomic E-state index is -0.541. The van der Waals surface area contributed by atoms with Crippen LogP contribution in [0.5, 0.6) is 5.75 Å². The Morgan fingerprint density at radius 3 is 2.31 bits per heavy atom. The lowest BCUT2D eigenvalue weighted by atomic mass is 10.1. The predicted molar refractivity (Wildman–Crippen MR) is 137 cm³/mol. The molecule has 0 aliphatic carbocycles. The summed E-state index contributed by atoms with van der Waals surface area (Å²) in [6.45, 7) is 10.3. The van der Waals surface area contributed by atoms with Gasteiger partial charge in [0.05, 0.1) is 30.6 Å². The Bertz CT molecular complexity index is 888. The van der Waals surface area contributed by atoms with Gasteiger partial charge in [0.1, 0.15) is 11.4 Å². The van der Waals surface area contributed by atoms with Crippen molar-refractivity contribution >= 4 is 36.0 Å². The third kappa shape index (κ3) is 9.33. The van der Waals surface area contributed by atoms with Crippen LogP contribution in [-0.4, -0.2) is 53.7 Å². The second-order valence-corrected chi connectivity index (χ2v) is 8.74. The Kier molecular flexibility index (Phi) is 10.3. The molecule has 178 valence electrons. The summed E-state index contributed by atoms with van der Waals surface area (Å²) >= 11 is 0. The van der Waals surface area contributed by atoms with E-state index in [9.17, 15) is 4.79 Å². The third-order valence-electron chi connectivity index (χ3n) is 4.18. The van der Waals surface area contributed by atoms with Crippen LogP contribution in [0.3, 0.4) is 0 Å². The molecule has 0 unspecified atom stereocenters.